The predicted octanol–water partition coefficient (Wildman–Crippen LogP) is 3.69. The first-order valence-corrected chi connectivity index (χ1v) is 10.1. The van der Waals surface area contributed by atoms with Gasteiger partial charge < -0.3 is 14.6 Å². The Morgan fingerprint density at radius 1 is 1.10 bits per heavy atom. The van der Waals surface area contributed by atoms with Crippen LogP contribution in [0.15, 0.2) is 54.6 Å². The molecule has 2 fully saturated rings. The van der Waals surface area contributed by atoms with Gasteiger partial charge in [-0.15, -0.1) is 0 Å². The summed E-state index contributed by atoms with van der Waals surface area (Å²) in [5.74, 6) is -0.249. The number of fused-ring (bicyclic) bond motifs is 2. The number of hydrogen-bond acceptors (Lipinski definition) is 4. The number of amides is 1. The van der Waals surface area contributed by atoms with Crippen LogP contribution in [0.5, 0.6) is 0 Å². The normalized spacial score (nSPS) is 26.2. The van der Waals surface area contributed by atoms with Gasteiger partial charge in [0.1, 0.15) is 12.4 Å². The largest absolute Gasteiger partial charge is 0.445 e. The monoisotopic (exact) mass is 399 g/mol. The first-order chi connectivity index (χ1) is 14.0. The first kappa shape index (κ1) is 19.9. The van der Waals surface area contributed by atoms with Gasteiger partial charge in [-0.05, 0) is 42.9 Å². The maximum absolute atomic E-state index is 13.9. The third-order valence-electron chi connectivity index (χ3n) is 5.87. The average molecular weight is 399 g/mol. The Bertz CT molecular complexity index is 830. The summed E-state index contributed by atoms with van der Waals surface area (Å²) in [5, 5.41) is 11.2. The van der Waals surface area contributed by atoms with E-state index in [1.165, 1.54) is 6.07 Å². The van der Waals surface area contributed by atoms with Crippen LogP contribution in [-0.4, -0.2) is 47.0 Å². The molecule has 2 aliphatic rings. The Hall–Kier alpha value is -2.44. The van der Waals surface area contributed by atoms with Gasteiger partial charge in [-0.3, -0.25) is 4.90 Å². The van der Waals surface area contributed by atoms with E-state index in [0.717, 1.165) is 5.56 Å². The molecule has 0 saturated carbocycles. The molecule has 2 aromatic rings. The molecule has 1 amide bonds. The second-order valence-electron chi connectivity index (χ2n) is 8.02. The van der Waals surface area contributed by atoms with E-state index in [4.69, 9.17) is 9.47 Å². The molecule has 0 spiro atoms. The molecule has 2 aliphatic heterocycles. The minimum absolute atomic E-state index is 0.216. The molecule has 2 unspecified atom stereocenters. The number of ether oxygens (including phenoxy) is 2. The number of halogens is 1. The number of carbonyl (C=O) groups excluding carboxylic acids is 1. The zero-order chi connectivity index (χ0) is 20.3. The average Bonchev–Trinajstić information content (AvgIpc) is 2.72. The van der Waals surface area contributed by atoms with Crippen LogP contribution in [-0.2, 0) is 22.5 Å². The summed E-state index contributed by atoms with van der Waals surface area (Å²) in [5.41, 5.74) is 0.588. The molecule has 5 nitrogen and oxygen atoms in total. The Morgan fingerprint density at radius 3 is 2.45 bits per heavy atom. The lowest BCUT2D eigenvalue weighted by molar-refractivity contribution is -0.135. The lowest BCUT2D eigenvalue weighted by Crippen LogP contribution is -2.63. The van der Waals surface area contributed by atoms with E-state index in [1.807, 2.05) is 30.3 Å². The summed E-state index contributed by atoms with van der Waals surface area (Å²) in [6.07, 6.45) is 1.34. The summed E-state index contributed by atoms with van der Waals surface area (Å²) in [6, 6.07) is 15.7. The summed E-state index contributed by atoms with van der Waals surface area (Å²) < 4.78 is 25.1. The molecule has 0 radical (unpaired) electrons. The second-order valence-corrected chi connectivity index (χ2v) is 8.02. The fourth-order valence-electron chi connectivity index (χ4n) is 4.44. The van der Waals surface area contributed by atoms with E-state index in [0.29, 0.717) is 44.5 Å². The number of piperidine rings is 1. The maximum Gasteiger partial charge on any atom is 0.410 e. The standard InChI is InChI=1S/C23H26FNO4/c24-21-9-5-4-8-18(21)10-11-23(27)12-19-15-28-16-20(13-23)25(19)22(26)29-14-17-6-2-1-3-7-17/h1-9,19-20,27H,10-16H2. The third-order valence-corrected chi connectivity index (χ3v) is 5.87. The van der Waals surface area contributed by atoms with Gasteiger partial charge in [-0.2, -0.15) is 0 Å². The highest BCUT2D eigenvalue weighted by Gasteiger charge is 2.48. The molecule has 2 bridgehead atoms. The topological polar surface area (TPSA) is 59.0 Å². The molecule has 2 saturated heterocycles. The number of benzene rings is 2. The van der Waals surface area contributed by atoms with E-state index in [9.17, 15) is 14.3 Å². The van der Waals surface area contributed by atoms with Gasteiger partial charge in [0.2, 0.25) is 0 Å². The number of aliphatic hydroxyl groups is 1. The third kappa shape index (κ3) is 4.60. The maximum atomic E-state index is 13.9. The SMILES string of the molecule is O=C(OCc1ccccc1)N1C2COCC1CC(O)(CCc1ccccc1F)C2. The molecule has 0 aliphatic carbocycles. The number of rotatable bonds is 5. The van der Waals surface area contributed by atoms with Gasteiger partial charge in [0.05, 0.1) is 30.9 Å². The van der Waals surface area contributed by atoms with Crippen molar-refractivity contribution < 1.29 is 23.8 Å². The highest BCUT2D eigenvalue weighted by molar-refractivity contribution is 5.69. The van der Waals surface area contributed by atoms with E-state index in [1.54, 1.807) is 23.1 Å². The van der Waals surface area contributed by atoms with Crippen molar-refractivity contribution in [3.8, 4) is 0 Å². The number of carbonyl (C=O) groups is 1. The summed E-state index contributed by atoms with van der Waals surface area (Å²) in [6.45, 7) is 0.964. The van der Waals surface area contributed by atoms with Crippen LogP contribution in [0.3, 0.4) is 0 Å². The summed E-state index contributed by atoms with van der Waals surface area (Å²) in [4.78, 5) is 14.5. The quantitative estimate of drug-likeness (QED) is 0.833. The molecule has 6 heteroatoms. The van der Waals surface area contributed by atoms with Gasteiger partial charge in [-0.25, -0.2) is 9.18 Å². The van der Waals surface area contributed by atoms with Crippen molar-refractivity contribution in [1.29, 1.82) is 0 Å². The van der Waals surface area contributed by atoms with E-state index in [-0.39, 0.29) is 30.6 Å². The first-order valence-electron chi connectivity index (χ1n) is 10.1. The molecular weight excluding hydrogens is 373 g/mol. The fraction of sp³-hybridized carbons (Fsp3) is 0.435. The fourth-order valence-corrected chi connectivity index (χ4v) is 4.44. The zero-order valence-corrected chi connectivity index (χ0v) is 16.3. The van der Waals surface area contributed by atoms with Crippen molar-refractivity contribution in [3.05, 3.63) is 71.5 Å². The van der Waals surface area contributed by atoms with Gasteiger partial charge in [0.15, 0.2) is 0 Å². The Labute approximate surface area is 170 Å². The highest BCUT2D eigenvalue weighted by atomic mass is 19.1. The van der Waals surface area contributed by atoms with Gasteiger partial charge >= 0.3 is 6.09 Å². The number of aryl methyl sites for hydroxylation is 1. The van der Waals surface area contributed by atoms with Crippen molar-refractivity contribution in [2.45, 2.75) is 50.0 Å². The lowest BCUT2D eigenvalue weighted by Gasteiger charge is -2.51. The smallest absolute Gasteiger partial charge is 0.410 e. The van der Waals surface area contributed by atoms with Crippen LogP contribution >= 0.6 is 0 Å². The van der Waals surface area contributed by atoms with Crippen molar-refractivity contribution in [2.24, 2.45) is 0 Å². The molecule has 2 aromatic carbocycles. The molecule has 2 atom stereocenters. The Kier molecular flexibility index (Phi) is 5.83. The Balaban J connectivity index is 1.39. The second kappa shape index (κ2) is 8.51. The van der Waals surface area contributed by atoms with Gasteiger partial charge in [0.25, 0.3) is 0 Å². The molecule has 2 heterocycles. The number of hydrogen-bond donors (Lipinski definition) is 1. The van der Waals surface area contributed by atoms with Crippen molar-refractivity contribution in [1.82, 2.24) is 4.90 Å². The van der Waals surface area contributed by atoms with Gasteiger partial charge in [-0.1, -0.05) is 48.5 Å². The van der Waals surface area contributed by atoms with Crippen LogP contribution in [0, 0.1) is 5.82 Å². The molecule has 4 rings (SSSR count). The van der Waals surface area contributed by atoms with Crippen LogP contribution < -0.4 is 0 Å². The summed E-state index contributed by atoms with van der Waals surface area (Å²) in [7, 11) is 0. The van der Waals surface area contributed by atoms with Crippen molar-refractivity contribution >= 4 is 6.09 Å². The van der Waals surface area contributed by atoms with Gasteiger partial charge in [0, 0.05) is 0 Å². The molecule has 154 valence electrons. The van der Waals surface area contributed by atoms with E-state index in [2.05, 4.69) is 0 Å². The lowest BCUT2D eigenvalue weighted by atomic mass is 9.78. The molecule has 29 heavy (non-hydrogen) atoms. The highest BCUT2D eigenvalue weighted by Crippen LogP contribution is 2.37. The summed E-state index contributed by atoms with van der Waals surface area (Å²) >= 11 is 0. The van der Waals surface area contributed by atoms with Crippen LogP contribution in [0.2, 0.25) is 0 Å². The molecule has 1 N–H and O–H groups in total. The van der Waals surface area contributed by atoms with Crippen LogP contribution in [0.1, 0.15) is 30.4 Å². The Morgan fingerprint density at radius 2 is 1.76 bits per heavy atom. The van der Waals surface area contributed by atoms with Crippen LogP contribution in [0.4, 0.5) is 9.18 Å². The number of nitrogens with zero attached hydrogens (tertiary/aromatic N) is 1. The number of morpholine rings is 1. The predicted molar refractivity (Wildman–Crippen MR) is 106 cm³/mol. The molecule has 0 aromatic heterocycles. The van der Waals surface area contributed by atoms with Crippen molar-refractivity contribution in [2.75, 3.05) is 13.2 Å². The molecular formula is C23H26FNO4. The van der Waals surface area contributed by atoms with E-state index < -0.39 is 5.60 Å². The zero-order valence-electron chi connectivity index (χ0n) is 16.3. The minimum atomic E-state index is -0.947. The van der Waals surface area contributed by atoms with Crippen molar-refractivity contribution in [3.63, 3.8) is 0 Å². The van der Waals surface area contributed by atoms with Crippen LogP contribution in [0.25, 0.3) is 0 Å². The van der Waals surface area contributed by atoms with E-state index >= 15 is 0 Å². The minimum Gasteiger partial charge on any atom is -0.445 e.